The SMILES string of the molecule is Cc1[nH]c(SCC(=O)NC(=O)NC23CC4CC(CC(C4)C2)C3)nc1Cc1ccccc1. The summed E-state index contributed by atoms with van der Waals surface area (Å²) in [5.41, 5.74) is 3.10. The minimum atomic E-state index is -0.340. The standard InChI is InChI=1S/C24H30N4O2S/c1-15-20(10-16-5-3-2-4-6-16)26-23(25-15)31-14-21(29)27-22(30)28-24-11-17-7-18(12-24)9-19(8-17)13-24/h2-6,17-19H,7-14H2,1H3,(H,25,26)(H2,27,28,29,30). The van der Waals surface area contributed by atoms with E-state index in [-0.39, 0.29) is 23.2 Å². The van der Waals surface area contributed by atoms with Crippen molar-refractivity contribution in [3.05, 3.63) is 47.3 Å². The number of hydrogen-bond donors (Lipinski definition) is 3. The Bertz CT molecular complexity index is 936. The minimum Gasteiger partial charge on any atom is -0.337 e. The summed E-state index contributed by atoms with van der Waals surface area (Å²) in [6.45, 7) is 1.99. The second kappa shape index (κ2) is 8.34. The first-order chi connectivity index (χ1) is 15.0. The predicted molar refractivity (Wildman–Crippen MR) is 121 cm³/mol. The van der Waals surface area contributed by atoms with Crippen LogP contribution < -0.4 is 10.6 Å². The molecule has 3 amide bonds. The van der Waals surface area contributed by atoms with Gasteiger partial charge in [-0.25, -0.2) is 9.78 Å². The molecule has 4 saturated carbocycles. The van der Waals surface area contributed by atoms with E-state index in [1.54, 1.807) is 0 Å². The van der Waals surface area contributed by atoms with Gasteiger partial charge in [-0.2, -0.15) is 0 Å². The fourth-order valence-electron chi connectivity index (χ4n) is 6.33. The van der Waals surface area contributed by atoms with Crippen molar-refractivity contribution in [3.8, 4) is 0 Å². The Morgan fingerprint density at radius 3 is 2.39 bits per heavy atom. The lowest BCUT2D eigenvalue weighted by atomic mass is 9.53. The highest BCUT2D eigenvalue weighted by molar-refractivity contribution is 7.99. The largest absolute Gasteiger partial charge is 0.337 e. The Morgan fingerprint density at radius 2 is 1.74 bits per heavy atom. The average molecular weight is 439 g/mol. The Kier molecular flexibility index (Phi) is 5.54. The number of nitrogens with one attached hydrogen (secondary N) is 3. The topological polar surface area (TPSA) is 86.9 Å². The third-order valence-electron chi connectivity index (χ3n) is 7.19. The molecule has 0 saturated heterocycles. The van der Waals surface area contributed by atoms with Crippen LogP contribution in [0.3, 0.4) is 0 Å². The minimum absolute atomic E-state index is 0.0866. The van der Waals surface area contributed by atoms with Gasteiger partial charge in [-0.15, -0.1) is 0 Å². The van der Waals surface area contributed by atoms with Gasteiger partial charge in [-0.1, -0.05) is 42.1 Å². The lowest BCUT2D eigenvalue weighted by Gasteiger charge is -2.56. The van der Waals surface area contributed by atoms with Gasteiger partial charge in [0.2, 0.25) is 5.91 Å². The third-order valence-corrected chi connectivity index (χ3v) is 8.06. The third kappa shape index (κ3) is 4.66. The molecule has 0 atom stereocenters. The van der Waals surface area contributed by atoms with Gasteiger partial charge in [0.1, 0.15) is 0 Å². The molecule has 7 heteroatoms. The maximum Gasteiger partial charge on any atom is 0.321 e. The van der Waals surface area contributed by atoms with Gasteiger partial charge in [0, 0.05) is 17.7 Å². The van der Waals surface area contributed by atoms with Crippen molar-refractivity contribution in [2.75, 3.05) is 5.75 Å². The molecule has 4 bridgehead atoms. The molecule has 6 nitrogen and oxygen atoms in total. The molecule has 0 aliphatic heterocycles. The van der Waals surface area contributed by atoms with E-state index < -0.39 is 0 Å². The van der Waals surface area contributed by atoms with Crippen molar-refractivity contribution >= 4 is 23.7 Å². The summed E-state index contributed by atoms with van der Waals surface area (Å²) in [5, 5.41) is 6.43. The lowest BCUT2D eigenvalue weighted by Crippen LogP contribution is -2.61. The molecule has 1 aromatic heterocycles. The van der Waals surface area contributed by atoms with Crippen LogP contribution in [0, 0.1) is 24.7 Å². The van der Waals surface area contributed by atoms with E-state index in [1.807, 2.05) is 25.1 Å². The molecule has 0 spiro atoms. The molecule has 31 heavy (non-hydrogen) atoms. The number of imidazole rings is 1. The summed E-state index contributed by atoms with van der Waals surface area (Å²) < 4.78 is 0. The van der Waals surface area contributed by atoms with Crippen molar-refractivity contribution in [2.24, 2.45) is 17.8 Å². The molecule has 2 aromatic rings. The summed E-state index contributed by atoms with van der Waals surface area (Å²) in [4.78, 5) is 32.8. The van der Waals surface area contributed by atoms with Crippen LogP contribution in [0.2, 0.25) is 0 Å². The molecular formula is C24H30N4O2S. The van der Waals surface area contributed by atoms with Crippen molar-refractivity contribution in [2.45, 2.75) is 62.6 Å². The van der Waals surface area contributed by atoms with Crippen LogP contribution in [-0.2, 0) is 11.2 Å². The summed E-state index contributed by atoms with van der Waals surface area (Å²) in [6, 6.07) is 9.86. The van der Waals surface area contributed by atoms with Gasteiger partial charge in [0.15, 0.2) is 5.16 Å². The van der Waals surface area contributed by atoms with Gasteiger partial charge in [0.25, 0.3) is 0 Å². The van der Waals surface area contributed by atoms with E-state index in [2.05, 4.69) is 32.7 Å². The number of aromatic nitrogens is 2. The summed E-state index contributed by atoms with van der Waals surface area (Å²) in [5.74, 6) is 2.14. The van der Waals surface area contributed by atoms with E-state index in [9.17, 15) is 9.59 Å². The zero-order valence-corrected chi connectivity index (χ0v) is 18.8. The molecule has 164 valence electrons. The van der Waals surface area contributed by atoms with Gasteiger partial charge >= 0.3 is 6.03 Å². The molecule has 1 aromatic carbocycles. The molecule has 0 unspecified atom stereocenters. The fraction of sp³-hybridized carbons (Fsp3) is 0.542. The van der Waals surface area contributed by atoms with E-state index in [1.165, 1.54) is 36.6 Å². The zero-order valence-electron chi connectivity index (χ0n) is 17.9. The van der Waals surface area contributed by atoms with Crippen molar-refractivity contribution in [1.29, 1.82) is 0 Å². The van der Waals surface area contributed by atoms with E-state index in [0.717, 1.165) is 54.8 Å². The maximum atomic E-state index is 12.5. The Morgan fingerprint density at radius 1 is 1.10 bits per heavy atom. The van der Waals surface area contributed by atoms with Crippen molar-refractivity contribution < 1.29 is 9.59 Å². The number of thioether (sulfide) groups is 1. The molecule has 0 radical (unpaired) electrons. The average Bonchev–Trinajstić information content (AvgIpc) is 3.05. The second-order valence-electron chi connectivity index (χ2n) is 9.76. The number of imide groups is 1. The molecule has 4 fully saturated rings. The Hall–Kier alpha value is -2.28. The number of amides is 3. The molecule has 3 N–H and O–H groups in total. The highest BCUT2D eigenvalue weighted by Crippen LogP contribution is 2.55. The summed E-state index contributed by atoms with van der Waals surface area (Å²) in [7, 11) is 0. The van der Waals surface area contributed by atoms with Crippen LogP contribution in [0.4, 0.5) is 4.79 Å². The highest BCUT2D eigenvalue weighted by atomic mass is 32.2. The number of carbonyl (C=O) groups excluding carboxylic acids is 2. The number of H-pyrrole nitrogens is 1. The molecule has 4 aliphatic rings. The van der Waals surface area contributed by atoms with Gasteiger partial charge in [-0.05, 0) is 68.8 Å². The van der Waals surface area contributed by atoms with Crippen LogP contribution >= 0.6 is 11.8 Å². The number of urea groups is 1. The summed E-state index contributed by atoms with van der Waals surface area (Å²) >= 11 is 1.33. The highest BCUT2D eigenvalue weighted by Gasteiger charge is 2.51. The number of aryl methyl sites for hydroxylation is 1. The molecular weight excluding hydrogens is 408 g/mol. The van der Waals surface area contributed by atoms with Crippen LogP contribution in [-0.4, -0.2) is 33.2 Å². The fourth-order valence-corrected chi connectivity index (χ4v) is 7.07. The number of hydrogen-bond acceptors (Lipinski definition) is 4. The van der Waals surface area contributed by atoms with E-state index in [0.29, 0.717) is 5.16 Å². The van der Waals surface area contributed by atoms with Crippen molar-refractivity contribution in [3.63, 3.8) is 0 Å². The normalized spacial score (nSPS) is 28.5. The first-order valence-corrected chi connectivity index (χ1v) is 12.3. The molecule has 1 heterocycles. The number of aromatic amines is 1. The number of benzene rings is 1. The smallest absolute Gasteiger partial charge is 0.321 e. The van der Waals surface area contributed by atoms with E-state index in [4.69, 9.17) is 0 Å². The monoisotopic (exact) mass is 438 g/mol. The first kappa shape index (κ1) is 20.6. The zero-order chi connectivity index (χ0) is 21.4. The van der Waals surface area contributed by atoms with Crippen LogP contribution in [0.1, 0.15) is 55.5 Å². The maximum absolute atomic E-state index is 12.5. The van der Waals surface area contributed by atoms with E-state index >= 15 is 0 Å². The number of carbonyl (C=O) groups is 2. The summed E-state index contributed by atoms with van der Waals surface area (Å²) in [6.07, 6.45) is 7.96. The van der Waals surface area contributed by atoms with Crippen molar-refractivity contribution in [1.82, 2.24) is 20.6 Å². The Labute approximate surface area is 187 Å². The second-order valence-corrected chi connectivity index (χ2v) is 10.7. The quantitative estimate of drug-likeness (QED) is 0.590. The van der Waals surface area contributed by atoms with Gasteiger partial charge in [0.05, 0.1) is 11.4 Å². The lowest BCUT2D eigenvalue weighted by molar-refractivity contribution is -0.117. The van der Waals surface area contributed by atoms with Crippen LogP contribution in [0.15, 0.2) is 35.5 Å². The number of nitrogens with zero attached hydrogens (tertiary/aromatic N) is 1. The van der Waals surface area contributed by atoms with Gasteiger partial charge < -0.3 is 10.3 Å². The van der Waals surface area contributed by atoms with Gasteiger partial charge in [-0.3, -0.25) is 10.1 Å². The molecule has 4 aliphatic carbocycles. The number of rotatable bonds is 6. The first-order valence-electron chi connectivity index (χ1n) is 11.3. The Balaban J connectivity index is 1.11. The predicted octanol–water partition coefficient (Wildman–Crippen LogP) is 4.20. The van der Waals surface area contributed by atoms with Crippen LogP contribution in [0.5, 0.6) is 0 Å². The molecule has 6 rings (SSSR count). The van der Waals surface area contributed by atoms with Crippen LogP contribution in [0.25, 0.3) is 0 Å².